The summed E-state index contributed by atoms with van der Waals surface area (Å²) in [5, 5.41) is 6.22. The third kappa shape index (κ3) is 8.72. The van der Waals surface area contributed by atoms with E-state index in [2.05, 4.69) is 17.6 Å². The van der Waals surface area contributed by atoms with Gasteiger partial charge in [0, 0.05) is 6.04 Å². The van der Waals surface area contributed by atoms with E-state index in [9.17, 15) is 14.4 Å². The van der Waals surface area contributed by atoms with E-state index in [4.69, 9.17) is 16.3 Å². The predicted molar refractivity (Wildman–Crippen MR) is 163 cm³/mol. The maximum absolute atomic E-state index is 14.4. The molecule has 0 spiro atoms. The smallest absolute Gasteiger partial charge is 0.408 e. The van der Waals surface area contributed by atoms with E-state index in [1.54, 1.807) is 31.7 Å². The minimum absolute atomic E-state index is 0.205. The summed E-state index contributed by atoms with van der Waals surface area (Å²) < 4.78 is 5.49. The van der Waals surface area contributed by atoms with Crippen LogP contribution in [0.3, 0.4) is 0 Å². The van der Waals surface area contributed by atoms with Crippen molar-refractivity contribution in [1.82, 2.24) is 10.2 Å². The summed E-state index contributed by atoms with van der Waals surface area (Å²) in [5.74, 6) is -0.928. The Morgan fingerprint density at radius 2 is 1.60 bits per heavy atom. The molecule has 0 fully saturated rings. The number of alkyl carbamates (subject to hydrolysis) is 1. The molecule has 0 saturated heterocycles. The van der Waals surface area contributed by atoms with Gasteiger partial charge in [-0.25, -0.2) is 4.79 Å². The first-order valence-corrected chi connectivity index (χ1v) is 14.6. The van der Waals surface area contributed by atoms with Crippen LogP contribution in [0.15, 0.2) is 42.5 Å². The third-order valence-electron chi connectivity index (χ3n) is 7.17. The quantitative estimate of drug-likeness (QED) is 0.293. The van der Waals surface area contributed by atoms with Gasteiger partial charge in [0.25, 0.3) is 5.91 Å². The highest BCUT2D eigenvalue weighted by atomic mass is 35.5. The first-order chi connectivity index (χ1) is 18.7. The van der Waals surface area contributed by atoms with Crippen molar-refractivity contribution < 1.29 is 19.1 Å². The number of rotatable bonds is 11. The minimum Gasteiger partial charge on any atom is -0.444 e. The zero-order valence-electron chi connectivity index (χ0n) is 25.4. The van der Waals surface area contributed by atoms with Crippen LogP contribution in [0.4, 0.5) is 10.5 Å². The molecule has 0 saturated carbocycles. The molecule has 0 bridgehead atoms. The highest BCUT2D eigenvalue weighted by Gasteiger charge is 2.40. The summed E-state index contributed by atoms with van der Waals surface area (Å²) in [5.41, 5.74) is 2.39. The molecule has 0 heterocycles. The predicted octanol–water partition coefficient (Wildman–Crippen LogP) is 7.46. The Balaban J connectivity index is 2.64. The van der Waals surface area contributed by atoms with Crippen molar-refractivity contribution in [2.24, 2.45) is 5.92 Å². The van der Waals surface area contributed by atoms with Crippen LogP contribution < -0.4 is 10.6 Å². The number of halogens is 1. The van der Waals surface area contributed by atoms with Crippen LogP contribution in [-0.2, 0) is 20.7 Å². The molecule has 4 atom stereocenters. The largest absolute Gasteiger partial charge is 0.444 e. The van der Waals surface area contributed by atoms with Crippen molar-refractivity contribution in [3.63, 3.8) is 0 Å². The molecule has 7 nitrogen and oxygen atoms in total. The van der Waals surface area contributed by atoms with Gasteiger partial charge in [-0.3, -0.25) is 9.59 Å². The number of anilines is 1. The number of amides is 3. The topological polar surface area (TPSA) is 87.7 Å². The van der Waals surface area contributed by atoms with Gasteiger partial charge in [-0.15, -0.1) is 0 Å². The van der Waals surface area contributed by atoms with Crippen LogP contribution >= 0.6 is 11.6 Å². The number of hydrogen-bond acceptors (Lipinski definition) is 4. The number of nitrogens with one attached hydrogen (secondary N) is 2. The standard InChI is InChI=1S/C32H46ClN3O4/c1-10-20(4)27(35-31(39)40-32(7,8)9)30(38)36(22(6)11-2)28(24-18-16-23(12-3)17-19-24)29(37)34-26-21(5)14-13-15-25(26)33/h13-20,22,27-28H,10-12H2,1-9H3,(H,34,37)(H,35,39). The van der Waals surface area contributed by atoms with Crippen LogP contribution in [0.1, 0.15) is 91.0 Å². The number of aryl methyl sites for hydroxylation is 2. The molecule has 0 aliphatic heterocycles. The fraction of sp³-hybridized carbons (Fsp3) is 0.531. The molecular weight excluding hydrogens is 526 g/mol. The van der Waals surface area contributed by atoms with E-state index in [0.717, 1.165) is 17.5 Å². The van der Waals surface area contributed by atoms with E-state index in [-0.39, 0.29) is 23.8 Å². The van der Waals surface area contributed by atoms with Gasteiger partial charge >= 0.3 is 6.09 Å². The summed E-state index contributed by atoms with van der Waals surface area (Å²) in [6.45, 7) is 17.0. The highest BCUT2D eigenvalue weighted by Crippen LogP contribution is 2.32. The fourth-order valence-corrected chi connectivity index (χ4v) is 4.70. The molecule has 3 amide bonds. The molecule has 0 aliphatic rings. The Hall–Kier alpha value is -3.06. The number of nitrogens with zero attached hydrogens (tertiary/aromatic N) is 1. The lowest BCUT2D eigenvalue weighted by Crippen LogP contribution is -2.56. The van der Waals surface area contributed by atoms with Gasteiger partial charge < -0.3 is 20.3 Å². The maximum Gasteiger partial charge on any atom is 0.408 e. The highest BCUT2D eigenvalue weighted by molar-refractivity contribution is 6.34. The van der Waals surface area contributed by atoms with Gasteiger partial charge in [-0.05, 0) is 76.1 Å². The molecule has 2 aromatic rings. The summed E-state index contributed by atoms with van der Waals surface area (Å²) >= 11 is 6.46. The summed E-state index contributed by atoms with van der Waals surface area (Å²) in [6, 6.07) is 11.0. The van der Waals surface area contributed by atoms with Crippen molar-refractivity contribution >= 4 is 35.2 Å². The minimum atomic E-state index is -0.962. The second-order valence-electron chi connectivity index (χ2n) is 11.4. The van der Waals surface area contributed by atoms with Gasteiger partial charge in [0.2, 0.25) is 5.91 Å². The molecule has 40 heavy (non-hydrogen) atoms. The van der Waals surface area contributed by atoms with Gasteiger partial charge in [0.05, 0.1) is 10.7 Å². The van der Waals surface area contributed by atoms with Gasteiger partial charge in [-0.1, -0.05) is 82.1 Å². The number of benzene rings is 2. The van der Waals surface area contributed by atoms with E-state index >= 15 is 0 Å². The Morgan fingerprint density at radius 1 is 0.975 bits per heavy atom. The number of para-hydroxylation sites is 1. The molecule has 0 aromatic heterocycles. The lowest BCUT2D eigenvalue weighted by Gasteiger charge is -2.39. The van der Waals surface area contributed by atoms with Crippen LogP contribution in [0.25, 0.3) is 0 Å². The SMILES string of the molecule is CCc1ccc(C(C(=O)Nc2c(C)cccc2Cl)N(C(=O)C(NC(=O)OC(C)(C)C)C(C)CC)C(C)CC)cc1. The molecule has 8 heteroatoms. The van der Waals surface area contributed by atoms with Crippen LogP contribution in [0.2, 0.25) is 5.02 Å². The fourth-order valence-electron chi connectivity index (χ4n) is 4.43. The van der Waals surface area contributed by atoms with Crippen LogP contribution in [0.5, 0.6) is 0 Å². The normalized spacial score (nSPS) is 14.4. The number of ether oxygens (including phenoxy) is 1. The summed E-state index contributed by atoms with van der Waals surface area (Å²) in [6.07, 6.45) is 1.42. The second-order valence-corrected chi connectivity index (χ2v) is 11.8. The van der Waals surface area contributed by atoms with Crippen molar-refractivity contribution in [2.45, 2.75) is 105 Å². The second kappa shape index (κ2) is 14.5. The number of hydrogen-bond donors (Lipinski definition) is 2. The first kappa shape index (κ1) is 33.1. The van der Waals surface area contributed by atoms with Crippen molar-refractivity contribution in [3.8, 4) is 0 Å². The molecule has 4 unspecified atom stereocenters. The van der Waals surface area contributed by atoms with Crippen molar-refractivity contribution in [2.75, 3.05) is 5.32 Å². The molecule has 2 rings (SSSR count). The van der Waals surface area contributed by atoms with E-state index in [1.807, 2.05) is 71.0 Å². The average molecular weight is 572 g/mol. The molecule has 0 radical (unpaired) electrons. The van der Waals surface area contributed by atoms with Gasteiger partial charge in [-0.2, -0.15) is 0 Å². The van der Waals surface area contributed by atoms with Crippen molar-refractivity contribution in [3.05, 3.63) is 64.2 Å². The first-order valence-electron chi connectivity index (χ1n) is 14.2. The van der Waals surface area contributed by atoms with Gasteiger partial charge in [0.15, 0.2) is 0 Å². The molecular formula is C32H46ClN3O4. The van der Waals surface area contributed by atoms with Gasteiger partial charge in [0.1, 0.15) is 17.7 Å². The molecule has 0 aliphatic carbocycles. The average Bonchev–Trinajstić information content (AvgIpc) is 2.90. The van der Waals surface area contributed by atoms with Crippen molar-refractivity contribution in [1.29, 1.82) is 0 Å². The third-order valence-corrected chi connectivity index (χ3v) is 7.49. The van der Waals surface area contributed by atoms with Crippen LogP contribution in [-0.4, -0.2) is 40.5 Å². The van der Waals surface area contributed by atoms with E-state index in [1.165, 1.54) is 0 Å². The van der Waals surface area contributed by atoms with Crippen LogP contribution in [0, 0.1) is 12.8 Å². The van der Waals surface area contributed by atoms with E-state index < -0.39 is 23.8 Å². The lowest BCUT2D eigenvalue weighted by molar-refractivity contribution is -0.144. The Morgan fingerprint density at radius 3 is 2.10 bits per heavy atom. The molecule has 2 aromatic carbocycles. The Kier molecular flexibility index (Phi) is 12.0. The van der Waals surface area contributed by atoms with E-state index in [0.29, 0.717) is 29.1 Å². The zero-order valence-corrected chi connectivity index (χ0v) is 26.2. The number of carbonyl (C=O) groups excluding carboxylic acids is 3. The Bertz CT molecular complexity index is 1140. The molecule has 220 valence electrons. The molecule has 2 N–H and O–H groups in total. The summed E-state index contributed by atoms with van der Waals surface area (Å²) in [4.78, 5) is 43.0. The number of carbonyl (C=O) groups is 3. The monoisotopic (exact) mass is 571 g/mol. The maximum atomic E-state index is 14.4. The Labute approximate surface area is 245 Å². The zero-order chi connectivity index (χ0) is 30.2. The lowest BCUT2D eigenvalue weighted by atomic mass is 9.94. The summed E-state index contributed by atoms with van der Waals surface area (Å²) in [7, 11) is 0.